The van der Waals surface area contributed by atoms with Gasteiger partial charge in [0.2, 0.25) is 0 Å². The molecule has 0 spiro atoms. The highest BCUT2D eigenvalue weighted by atomic mass is 35.5. The van der Waals surface area contributed by atoms with E-state index >= 15 is 0 Å². The maximum atomic E-state index is 6.02. The van der Waals surface area contributed by atoms with Crippen LogP contribution < -0.4 is 14.9 Å². The standard InChI is InChI=1S/C14H12BClO2/c1-17-12-5-2-10(3-6-12)9-18-14-7-4-11(15)8-13(14)16/h2-8H,9H2,1H3. The van der Waals surface area contributed by atoms with Crippen LogP contribution in [0.15, 0.2) is 42.5 Å². The summed E-state index contributed by atoms with van der Waals surface area (Å²) in [5.41, 5.74) is 1.67. The van der Waals surface area contributed by atoms with E-state index in [0.29, 0.717) is 22.8 Å². The van der Waals surface area contributed by atoms with Gasteiger partial charge in [-0.15, -0.1) is 0 Å². The zero-order chi connectivity index (χ0) is 13.0. The van der Waals surface area contributed by atoms with Crippen molar-refractivity contribution in [2.45, 2.75) is 6.61 Å². The molecule has 2 radical (unpaired) electrons. The molecule has 0 amide bonds. The van der Waals surface area contributed by atoms with E-state index in [1.54, 1.807) is 25.3 Å². The van der Waals surface area contributed by atoms with Crippen molar-refractivity contribution in [3.05, 3.63) is 53.1 Å². The van der Waals surface area contributed by atoms with Crippen molar-refractivity contribution in [2.24, 2.45) is 0 Å². The maximum Gasteiger partial charge on any atom is 0.138 e. The van der Waals surface area contributed by atoms with Crippen LogP contribution in [0, 0.1) is 0 Å². The summed E-state index contributed by atoms with van der Waals surface area (Å²) < 4.78 is 10.7. The molecule has 0 aliphatic carbocycles. The lowest BCUT2D eigenvalue weighted by atomic mass is 9.97. The van der Waals surface area contributed by atoms with Crippen LogP contribution in [0.25, 0.3) is 0 Å². The Hall–Kier alpha value is -1.61. The van der Waals surface area contributed by atoms with Crippen molar-refractivity contribution < 1.29 is 9.47 Å². The van der Waals surface area contributed by atoms with E-state index in [-0.39, 0.29) is 0 Å². The first-order valence-corrected chi connectivity index (χ1v) is 5.87. The summed E-state index contributed by atoms with van der Waals surface area (Å²) in [5.74, 6) is 1.45. The summed E-state index contributed by atoms with van der Waals surface area (Å²) >= 11 is 6.02. The number of ether oxygens (including phenoxy) is 2. The number of hydrogen-bond donors (Lipinski definition) is 0. The van der Waals surface area contributed by atoms with Gasteiger partial charge in [-0.05, 0) is 29.8 Å². The molecule has 4 heteroatoms. The topological polar surface area (TPSA) is 18.5 Å². The minimum absolute atomic E-state index is 0.452. The molecule has 0 saturated heterocycles. The Morgan fingerprint density at radius 2 is 1.83 bits per heavy atom. The van der Waals surface area contributed by atoms with Gasteiger partial charge in [-0.1, -0.05) is 35.3 Å². The van der Waals surface area contributed by atoms with Crippen molar-refractivity contribution in [1.29, 1.82) is 0 Å². The second-order valence-electron chi connectivity index (χ2n) is 3.83. The highest BCUT2D eigenvalue weighted by Gasteiger charge is 2.02. The number of hydrogen-bond acceptors (Lipinski definition) is 2. The van der Waals surface area contributed by atoms with Crippen molar-refractivity contribution in [3.63, 3.8) is 0 Å². The predicted molar refractivity (Wildman–Crippen MR) is 74.2 cm³/mol. The molecule has 2 aromatic rings. The van der Waals surface area contributed by atoms with Crippen LogP contribution in [-0.4, -0.2) is 15.0 Å². The third-order valence-corrected chi connectivity index (χ3v) is 2.80. The second kappa shape index (κ2) is 5.83. The molecule has 0 N–H and O–H groups in total. The summed E-state index contributed by atoms with van der Waals surface area (Å²) in [4.78, 5) is 0. The minimum Gasteiger partial charge on any atom is -0.497 e. The Bertz CT molecular complexity index is 526. The molecule has 2 rings (SSSR count). The average Bonchev–Trinajstić information content (AvgIpc) is 2.38. The highest BCUT2D eigenvalue weighted by Crippen LogP contribution is 2.23. The lowest BCUT2D eigenvalue weighted by Crippen LogP contribution is -2.02. The molecule has 0 atom stereocenters. The molecule has 0 unspecified atom stereocenters. The third kappa shape index (κ3) is 3.20. The van der Waals surface area contributed by atoms with Crippen molar-refractivity contribution in [2.75, 3.05) is 7.11 Å². The first-order chi connectivity index (χ1) is 8.69. The quantitative estimate of drug-likeness (QED) is 0.785. The molecule has 2 aromatic carbocycles. The Balaban J connectivity index is 2.02. The van der Waals surface area contributed by atoms with Gasteiger partial charge in [-0.2, -0.15) is 0 Å². The fourth-order valence-electron chi connectivity index (χ4n) is 1.52. The number of rotatable bonds is 4. The monoisotopic (exact) mass is 258 g/mol. The van der Waals surface area contributed by atoms with Gasteiger partial charge < -0.3 is 9.47 Å². The molecular formula is C14H12BClO2. The van der Waals surface area contributed by atoms with E-state index in [2.05, 4.69) is 0 Å². The fraction of sp³-hybridized carbons (Fsp3) is 0.143. The Kier molecular flexibility index (Phi) is 4.16. The van der Waals surface area contributed by atoms with Crippen LogP contribution in [0.2, 0.25) is 5.02 Å². The van der Waals surface area contributed by atoms with E-state index in [4.69, 9.17) is 28.9 Å². The molecule has 0 aromatic heterocycles. The van der Waals surface area contributed by atoms with Crippen LogP contribution in [0.3, 0.4) is 0 Å². The van der Waals surface area contributed by atoms with Crippen LogP contribution in [0.1, 0.15) is 5.56 Å². The maximum absolute atomic E-state index is 6.02. The molecular weight excluding hydrogens is 246 g/mol. The zero-order valence-electron chi connectivity index (χ0n) is 10.0. The largest absolute Gasteiger partial charge is 0.497 e. The van der Waals surface area contributed by atoms with E-state index in [1.807, 2.05) is 24.3 Å². The lowest BCUT2D eigenvalue weighted by molar-refractivity contribution is 0.306. The molecule has 0 fully saturated rings. The third-order valence-electron chi connectivity index (χ3n) is 2.51. The predicted octanol–water partition coefficient (Wildman–Crippen LogP) is 2.72. The van der Waals surface area contributed by atoms with Crippen molar-refractivity contribution in [1.82, 2.24) is 0 Å². The van der Waals surface area contributed by atoms with Crippen LogP contribution in [0.5, 0.6) is 11.5 Å². The van der Waals surface area contributed by atoms with Gasteiger partial charge in [-0.3, -0.25) is 0 Å². The van der Waals surface area contributed by atoms with Gasteiger partial charge in [0.1, 0.15) is 26.0 Å². The van der Waals surface area contributed by atoms with Crippen LogP contribution >= 0.6 is 11.6 Å². The molecule has 0 bridgehead atoms. The van der Waals surface area contributed by atoms with Crippen molar-refractivity contribution in [3.8, 4) is 11.5 Å². The van der Waals surface area contributed by atoms with Gasteiger partial charge in [0, 0.05) is 0 Å². The Labute approximate surface area is 113 Å². The molecule has 0 heterocycles. The van der Waals surface area contributed by atoms with Gasteiger partial charge in [-0.25, -0.2) is 0 Å². The summed E-state index contributed by atoms with van der Waals surface area (Å²) in [5, 5.41) is 0.517. The van der Waals surface area contributed by atoms with Crippen molar-refractivity contribution >= 4 is 24.9 Å². The van der Waals surface area contributed by atoms with Gasteiger partial charge in [0.15, 0.2) is 0 Å². The highest BCUT2D eigenvalue weighted by molar-refractivity contribution is 6.37. The molecule has 0 aliphatic heterocycles. The normalized spacial score (nSPS) is 10.1. The molecule has 2 nitrogen and oxygen atoms in total. The molecule has 0 aliphatic rings. The van der Waals surface area contributed by atoms with Crippen LogP contribution in [0.4, 0.5) is 0 Å². The van der Waals surface area contributed by atoms with Crippen LogP contribution in [-0.2, 0) is 6.61 Å². The lowest BCUT2D eigenvalue weighted by Gasteiger charge is -2.09. The number of methoxy groups -OCH3 is 1. The summed E-state index contributed by atoms with van der Waals surface area (Å²) in [6, 6.07) is 12.9. The van der Waals surface area contributed by atoms with Gasteiger partial charge in [0.05, 0.1) is 12.1 Å². The molecule has 18 heavy (non-hydrogen) atoms. The second-order valence-corrected chi connectivity index (χ2v) is 4.23. The number of benzene rings is 2. The fourth-order valence-corrected chi connectivity index (χ4v) is 1.76. The first kappa shape index (κ1) is 12.8. The van der Waals surface area contributed by atoms with E-state index < -0.39 is 0 Å². The Morgan fingerprint density at radius 1 is 1.11 bits per heavy atom. The molecule has 90 valence electrons. The van der Waals surface area contributed by atoms with E-state index in [9.17, 15) is 0 Å². The molecule has 0 saturated carbocycles. The minimum atomic E-state index is 0.452. The average molecular weight is 259 g/mol. The smallest absolute Gasteiger partial charge is 0.138 e. The first-order valence-electron chi connectivity index (χ1n) is 5.50. The number of halogens is 1. The summed E-state index contributed by atoms with van der Waals surface area (Å²) in [6.45, 7) is 0.452. The van der Waals surface area contributed by atoms with E-state index in [1.165, 1.54) is 0 Å². The van der Waals surface area contributed by atoms with Gasteiger partial charge >= 0.3 is 0 Å². The summed E-state index contributed by atoms with van der Waals surface area (Å²) in [6.07, 6.45) is 0. The summed E-state index contributed by atoms with van der Waals surface area (Å²) in [7, 11) is 7.25. The Morgan fingerprint density at radius 3 is 2.44 bits per heavy atom. The SMILES string of the molecule is [B]c1ccc(OCc2ccc(OC)cc2)c(Cl)c1. The van der Waals surface area contributed by atoms with Gasteiger partial charge in [0.25, 0.3) is 0 Å². The van der Waals surface area contributed by atoms with E-state index in [0.717, 1.165) is 11.3 Å². The zero-order valence-corrected chi connectivity index (χ0v) is 10.8.